The fourth-order valence-electron chi connectivity index (χ4n) is 4.91. The van der Waals surface area contributed by atoms with E-state index >= 15 is 0 Å². The molecule has 3 aromatic carbocycles. The van der Waals surface area contributed by atoms with E-state index in [1.807, 2.05) is 59.5 Å². The molecule has 4 rings (SSSR count). The number of nitrogens with zero attached hydrogens (tertiary/aromatic N) is 1. The van der Waals surface area contributed by atoms with Gasteiger partial charge in [-0.1, -0.05) is 56.3 Å². The third kappa shape index (κ3) is 5.29. The van der Waals surface area contributed by atoms with E-state index < -0.39 is 0 Å². The van der Waals surface area contributed by atoms with E-state index in [1.54, 1.807) is 14.2 Å². The van der Waals surface area contributed by atoms with Gasteiger partial charge >= 0.3 is 0 Å². The standard InChI is InChI=1S/C30H35NO4/c1-5-21-12-14-24(15-13-21)35-20-27-26-19-29(34-4)28(33-3)18-23(26)16-17-31(27)30(32)25(6-2)22-10-8-7-9-11-22/h7-15,18-19,25,27H,5-6,16-17,20H2,1-4H3/t25-,27-/m1/s1. The van der Waals surface area contributed by atoms with Crippen molar-refractivity contribution in [3.8, 4) is 17.2 Å². The Labute approximate surface area is 208 Å². The minimum atomic E-state index is -0.227. The van der Waals surface area contributed by atoms with E-state index in [1.165, 1.54) is 5.56 Å². The molecule has 3 aromatic rings. The van der Waals surface area contributed by atoms with Crippen LogP contribution < -0.4 is 14.2 Å². The number of aryl methyl sites for hydroxylation is 1. The van der Waals surface area contributed by atoms with Gasteiger partial charge in [-0.05, 0) is 65.8 Å². The van der Waals surface area contributed by atoms with Gasteiger partial charge in [-0.15, -0.1) is 0 Å². The van der Waals surface area contributed by atoms with Crippen LogP contribution in [0.3, 0.4) is 0 Å². The number of amides is 1. The van der Waals surface area contributed by atoms with Gasteiger partial charge < -0.3 is 19.1 Å². The first-order valence-corrected chi connectivity index (χ1v) is 12.4. The molecule has 0 fully saturated rings. The van der Waals surface area contributed by atoms with Crippen LogP contribution in [0.4, 0.5) is 0 Å². The number of hydrogen-bond donors (Lipinski definition) is 0. The Bertz CT molecular complexity index is 1130. The van der Waals surface area contributed by atoms with Crippen molar-refractivity contribution in [2.45, 2.75) is 45.1 Å². The zero-order chi connectivity index (χ0) is 24.8. The maximum absolute atomic E-state index is 13.9. The predicted octanol–water partition coefficient (Wildman–Crippen LogP) is 5.96. The van der Waals surface area contributed by atoms with Crippen LogP contribution in [0.5, 0.6) is 17.2 Å². The Morgan fingerprint density at radius 1 is 0.971 bits per heavy atom. The molecule has 2 atom stereocenters. The van der Waals surface area contributed by atoms with Crippen LogP contribution in [0.25, 0.3) is 0 Å². The van der Waals surface area contributed by atoms with Gasteiger partial charge in [0.05, 0.1) is 26.2 Å². The molecule has 0 unspecified atom stereocenters. The van der Waals surface area contributed by atoms with Gasteiger partial charge in [0.2, 0.25) is 5.91 Å². The lowest BCUT2D eigenvalue weighted by atomic mass is 9.89. The summed E-state index contributed by atoms with van der Waals surface area (Å²) >= 11 is 0. The van der Waals surface area contributed by atoms with E-state index in [4.69, 9.17) is 14.2 Å². The van der Waals surface area contributed by atoms with E-state index in [2.05, 4.69) is 26.0 Å². The Balaban J connectivity index is 1.68. The average molecular weight is 474 g/mol. The van der Waals surface area contributed by atoms with Gasteiger partial charge in [-0.3, -0.25) is 4.79 Å². The lowest BCUT2D eigenvalue weighted by Crippen LogP contribution is -2.44. The zero-order valence-corrected chi connectivity index (χ0v) is 21.1. The summed E-state index contributed by atoms with van der Waals surface area (Å²) in [4.78, 5) is 15.9. The van der Waals surface area contributed by atoms with Gasteiger partial charge in [0.15, 0.2) is 11.5 Å². The second kappa shape index (κ2) is 11.3. The number of hydrogen-bond acceptors (Lipinski definition) is 4. The summed E-state index contributed by atoms with van der Waals surface area (Å²) in [5.74, 6) is 2.11. The summed E-state index contributed by atoms with van der Waals surface area (Å²) in [7, 11) is 3.29. The minimum Gasteiger partial charge on any atom is -0.493 e. The SMILES string of the molecule is CCc1ccc(OC[C@@H]2c3cc(OC)c(OC)cc3CCN2C(=O)[C@H](CC)c2ccccc2)cc1. The molecular weight excluding hydrogens is 438 g/mol. The molecule has 0 radical (unpaired) electrons. The van der Waals surface area contributed by atoms with Crippen LogP contribution in [-0.4, -0.2) is 38.2 Å². The van der Waals surface area contributed by atoms with Gasteiger partial charge in [0, 0.05) is 6.54 Å². The van der Waals surface area contributed by atoms with Gasteiger partial charge in [0.1, 0.15) is 12.4 Å². The molecule has 35 heavy (non-hydrogen) atoms. The highest BCUT2D eigenvalue weighted by Gasteiger charge is 2.35. The average Bonchev–Trinajstić information content (AvgIpc) is 2.92. The third-order valence-electron chi connectivity index (χ3n) is 6.93. The zero-order valence-electron chi connectivity index (χ0n) is 21.1. The molecule has 5 heteroatoms. The number of carbonyl (C=O) groups excluding carboxylic acids is 1. The number of fused-ring (bicyclic) bond motifs is 1. The molecule has 0 aromatic heterocycles. The molecule has 1 aliphatic rings. The number of ether oxygens (including phenoxy) is 3. The van der Waals surface area contributed by atoms with Crippen molar-refractivity contribution in [3.05, 3.63) is 89.0 Å². The van der Waals surface area contributed by atoms with Gasteiger partial charge in [-0.2, -0.15) is 0 Å². The summed E-state index contributed by atoms with van der Waals surface area (Å²) in [5, 5.41) is 0. The van der Waals surface area contributed by atoms with Crippen molar-refractivity contribution in [1.82, 2.24) is 4.90 Å². The van der Waals surface area contributed by atoms with Crippen LogP contribution >= 0.6 is 0 Å². The Hall–Kier alpha value is -3.47. The number of carbonyl (C=O) groups is 1. The van der Waals surface area contributed by atoms with E-state index in [0.717, 1.165) is 41.7 Å². The van der Waals surface area contributed by atoms with Crippen LogP contribution in [0.15, 0.2) is 66.7 Å². The maximum atomic E-state index is 13.9. The summed E-state index contributed by atoms with van der Waals surface area (Å²) in [5.41, 5.74) is 4.53. The highest BCUT2D eigenvalue weighted by molar-refractivity contribution is 5.84. The molecule has 1 amide bonds. The van der Waals surface area contributed by atoms with Crippen molar-refractivity contribution >= 4 is 5.91 Å². The summed E-state index contributed by atoms with van der Waals surface area (Å²) in [6, 6.07) is 22.0. The Morgan fingerprint density at radius 2 is 1.66 bits per heavy atom. The molecule has 0 N–H and O–H groups in total. The lowest BCUT2D eigenvalue weighted by Gasteiger charge is -2.39. The van der Waals surface area contributed by atoms with Crippen LogP contribution in [-0.2, 0) is 17.6 Å². The molecule has 1 heterocycles. The van der Waals surface area contributed by atoms with Crippen LogP contribution in [0, 0.1) is 0 Å². The lowest BCUT2D eigenvalue weighted by molar-refractivity contribution is -0.136. The number of rotatable bonds is 9. The topological polar surface area (TPSA) is 48.0 Å². The summed E-state index contributed by atoms with van der Waals surface area (Å²) in [6.07, 6.45) is 2.48. The van der Waals surface area contributed by atoms with Gasteiger partial charge in [-0.25, -0.2) is 0 Å². The van der Waals surface area contributed by atoms with E-state index in [0.29, 0.717) is 24.7 Å². The van der Waals surface area contributed by atoms with Crippen LogP contribution in [0.1, 0.15) is 54.5 Å². The molecular formula is C30H35NO4. The second-order valence-electron chi connectivity index (χ2n) is 8.88. The van der Waals surface area contributed by atoms with Gasteiger partial charge in [0.25, 0.3) is 0 Å². The van der Waals surface area contributed by atoms with Crippen molar-refractivity contribution in [2.24, 2.45) is 0 Å². The predicted molar refractivity (Wildman–Crippen MR) is 138 cm³/mol. The van der Waals surface area contributed by atoms with Crippen molar-refractivity contribution in [2.75, 3.05) is 27.4 Å². The smallest absolute Gasteiger partial charge is 0.230 e. The highest BCUT2D eigenvalue weighted by Crippen LogP contribution is 2.40. The largest absolute Gasteiger partial charge is 0.493 e. The molecule has 0 aliphatic carbocycles. The first-order valence-electron chi connectivity index (χ1n) is 12.4. The first kappa shape index (κ1) is 24.6. The monoisotopic (exact) mass is 473 g/mol. The molecule has 0 spiro atoms. The third-order valence-corrected chi connectivity index (χ3v) is 6.93. The molecule has 5 nitrogen and oxygen atoms in total. The number of benzene rings is 3. The minimum absolute atomic E-state index is 0.133. The second-order valence-corrected chi connectivity index (χ2v) is 8.88. The summed E-state index contributed by atoms with van der Waals surface area (Å²) < 4.78 is 17.4. The molecule has 184 valence electrons. The fraction of sp³-hybridized carbons (Fsp3) is 0.367. The van der Waals surface area contributed by atoms with E-state index in [-0.39, 0.29) is 17.9 Å². The fourth-order valence-corrected chi connectivity index (χ4v) is 4.91. The maximum Gasteiger partial charge on any atom is 0.230 e. The van der Waals surface area contributed by atoms with Crippen molar-refractivity contribution in [1.29, 1.82) is 0 Å². The highest BCUT2D eigenvalue weighted by atomic mass is 16.5. The van der Waals surface area contributed by atoms with Crippen molar-refractivity contribution in [3.63, 3.8) is 0 Å². The summed E-state index contributed by atoms with van der Waals surface area (Å²) in [6.45, 7) is 5.21. The molecule has 0 saturated heterocycles. The normalized spacial score (nSPS) is 15.8. The number of methoxy groups -OCH3 is 2. The molecule has 0 saturated carbocycles. The Morgan fingerprint density at radius 3 is 2.29 bits per heavy atom. The molecule has 1 aliphatic heterocycles. The van der Waals surface area contributed by atoms with Crippen molar-refractivity contribution < 1.29 is 19.0 Å². The van der Waals surface area contributed by atoms with Crippen LogP contribution in [0.2, 0.25) is 0 Å². The molecule has 0 bridgehead atoms. The quantitative estimate of drug-likeness (QED) is 0.384. The first-order chi connectivity index (χ1) is 17.1. The Kier molecular flexibility index (Phi) is 7.96. The van der Waals surface area contributed by atoms with E-state index in [9.17, 15) is 4.79 Å².